The van der Waals surface area contributed by atoms with Crippen LogP contribution in [0.2, 0.25) is 0 Å². The van der Waals surface area contributed by atoms with E-state index in [-0.39, 0.29) is 11.9 Å². The fourth-order valence-corrected chi connectivity index (χ4v) is 2.29. The molecule has 1 aliphatic rings. The van der Waals surface area contributed by atoms with Crippen molar-refractivity contribution in [1.82, 2.24) is 15.5 Å². The van der Waals surface area contributed by atoms with Crippen molar-refractivity contribution in [2.45, 2.75) is 39.2 Å². The van der Waals surface area contributed by atoms with Crippen molar-refractivity contribution in [3.8, 4) is 0 Å². The summed E-state index contributed by atoms with van der Waals surface area (Å²) in [6, 6.07) is 0.255. The lowest BCUT2D eigenvalue weighted by Crippen LogP contribution is -2.34. The first-order valence-electron chi connectivity index (χ1n) is 5.58. The molecule has 0 bridgehead atoms. The van der Waals surface area contributed by atoms with Gasteiger partial charge < -0.3 is 11.1 Å². The van der Waals surface area contributed by atoms with E-state index < -0.39 is 0 Å². The second kappa shape index (κ2) is 3.81. The molecule has 1 aromatic heterocycles. The number of carbonyl (C=O) groups excluding carboxylic acids is 1. The third-order valence-electron chi connectivity index (χ3n) is 3.20. The molecule has 5 nitrogen and oxygen atoms in total. The Kier molecular flexibility index (Phi) is 2.61. The summed E-state index contributed by atoms with van der Waals surface area (Å²) in [5.74, 6) is -0.155. The van der Waals surface area contributed by atoms with E-state index >= 15 is 0 Å². The Balaban J connectivity index is 1.97. The Hall–Kier alpha value is -1.52. The summed E-state index contributed by atoms with van der Waals surface area (Å²) < 4.78 is 0. The number of nitrogen functional groups attached to an aromatic ring is 1. The first-order chi connectivity index (χ1) is 7.48. The van der Waals surface area contributed by atoms with Crippen LogP contribution in [0.1, 0.15) is 43.6 Å². The molecule has 1 aliphatic carbocycles. The van der Waals surface area contributed by atoms with Crippen molar-refractivity contribution in [1.29, 1.82) is 0 Å². The molecule has 1 fully saturated rings. The summed E-state index contributed by atoms with van der Waals surface area (Å²) in [4.78, 5) is 11.8. The molecule has 1 unspecified atom stereocenters. The number of nitrogens with zero attached hydrogens (tertiary/aromatic N) is 1. The highest BCUT2D eigenvalue weighted by Gasteiger charge is 2.32. The van der Waals surface area contributed by atoms with Crippen LogP contribution in [-0.2, 0) is 0 Å². The first-order valence-corrected chi connectivity index (χ1v) is 5.58. The molecule has 4 N–H and O–H groups in total. The SMILES string of the molecule is CC1(C)CCC(NC(=O)c2[nH]ncc2N)C1. The summed E-state index contributed by atoms with van der Waals surface area (Å²) in [6.07, 6.45) is 4.66. The molecule has 16 heavy (non-hydrogen) atoms. The van der Waals surface area contributed by atoms with Crippen molar-refractivity contribution in [3.05, 3.63) is 11.9 Å². The van der Waals surface area contributed by atoms with Crippen LogP contribution < -0.4 is 11.1 Å². The van der Waals surface area contributed by atoms with Gasteiger partial charge in [-0.25, -0.2) is 0 Å². The van der Waals surface area contributed by atoms with E-state index in [0.717, 1.165) is 19.3 Å². The molecule has 0 aromatic carbocycles. The van der Waals surface area contributed by atoms with Gasteiger partial charge in [-0.2, -0.15) is 5.10 Å². The third kappa shape index (κ3) is 2.18. The summed E-state index contributed by atoms with van der Waals surface area (Å²) in [6.45, 7) is 4.45. The average molecular weight is 222 g/mol. The summed E-state index contributed by atoms with van der Waals surface area (Å²) in [5.41, 5.74) is 6.71. The Morgan fingerprint density at radius 3 is 2.94 bits per heavy atom. The van der Waals surface area contributed by atoms with Crippen LogP contribution in [0.25, 0.3) is 0 Å². The van der Waals surface area contributed by atoms with Crippen LogP contribution in [0.15, 0.2) is 6.20 Å². The molecule has 0 radical (unpaired) electrons. The summed E-state index contributed by atoms with van der Waals surface area (Å²) >= 11 is 0. The molecule has 1 atom stereocenters. The van der Waals surface area contributed by atoms with E-state index in [0.29, 0.717) is 16.8 Å². The molecule has 0 spiro atoms. The standard InChI is InChI=1S/C11H18N4O/c1-11(2)4-3-7(5-11)14-10(16)9-8(12)6-13-15-9/h6-7H,3-5,12H2,1-2H3,(H,13,15)(H,14,16). The predicted octanol–water partition coefficient (Wildman–Crippen LogP) is 1.30. The minimum atomic E-state index is -0.155. The normalized spacial score (nSPS) is 23.2. The number of amides is 1. The number of H-pyrrole nitrogens is 1. The van der Waals surface area contributed by atoms with Crippen molar-refractivity contribution in [2.75, 3.05) is 5.73 Å². The second-order valence-corrected chi connectivity index (χ2v) is 5.28. The third-order valence-corrected chi connectivity index (χ3v) is 3.20. The Labute approximate surface area is 94.8 Å². The molecule has 1 aromatic rings. The minimum absolute atomic E-state index is 0.155. The van der Waals surface area contributed by atoms with Crippen molar-refractivity contribution in [3.63, 3.8) is 0 Å². The van der Waals surface area contributed by atoms with Crippen molar-refractivity contribution >= 4 is 11.6 Å². The lowest BCUT2D eigenvalue weighted by molar-refractivity contribution is 0.0932. The second-order valence-electron chi connectivity index (χ2n) is 5.28. The molecule has 88 valence electrons. The highest BCUT2D eigenvalue weighted by molar-refractivity contribution is 5.97. The number of aromatic nitrogens is 2. The van der Waals surface area contributed by atoms with Gasteiger partial charge in [0, 0.05) is 6.04 Å². The molecule has 1 amide bonds. The van der Waals surface area contributed by atoms with Crippen LogP contribution in [-0.4, -0.2) is 22.1 Å². The molecule has 0 saturated heterocycles. The van der Waals surface area contributed by atoms with Gasteiger partial charge in [-0.3, -0.25) is 9.89 Å². The molecular weight excluding hydrogens is 204 g/mol. The molecular formula is C11H18N4O. The number of nitrogens with two attached hydrogens (primary N) is 1. The number of nitrogens with one attached hydrogen (secondary N) is 2. The highest BCUT2D eigenvalue weighted by Crippen LogP contribution is 2.36. The van der Waals surface area contributed by atoms with Crippen LogP contribution in [0, 0.1) is 5.41 Å². The zero-order valence-electron chi connectivity index (χ0n) is 9.71. The van der Waals surface area contributed by atoms with E-state index in [1.54, 1.807) is 0 Å². The van der Waals surface area contributed by atoms with Gasteiger partial charge in [0.05, 0.1) is 11.9 Å². The maximum atomic E-state index is 11.8. The van der Waals surface area contributed by atoms with E-state index in [4.69, 9.17) is 5.73 Å². The lowest BCUT2D eigenvalue weighted by Gasteiger charge is -2.17. The summed E-state index contributed by atoms with van der Waals surface area (Å²) in [7, 11) is 0. The number of aromatic amines is 1. The van der Waals surface area contributed by atoms with Crippen LogP contribution >= 0.6 is 0 Å². The summed E-state index contributed by atoms with van der Waals surface area (Å²) in [5, 5.41) is 9.34. The van der Waals surface area contributed by atoms with E-state index in [1.165, 1.54) is 6.20 Å². The van der Waals surface area contributed by atoms with Gasteiger partial charge in [-0.1, -0.05) is 13.8 Å². The maximum absolute atomic E-state index is 11.8. The number of hydrogen-bond donors (Lipinski definition) is 3. The number of carbonyl (C=O) groups is 1. The molecule has 0 aliphatic heterocycles. The van der Waals surface area contributed by atoms with Crippen molar-refractivity contribution in [2.24, 2.45) is 5.41 Å². The Morgan fingerprint density at radius 2 is 2.44 bits per heavy atom. The zero-order chi connectivity index (χ0) is 11.8. The van der Waals surface area contributed by atoms with Gasteiger partial charge in [0.1, 0.15) is 5.69 Å². The minimum Gasteiger partial charge on any atom is -0.396 e. The number of rotatable bonds is 2. The highest BCUT2D eigenvalue weighted by atomic mass is 16.2. The van der Waals surface area contributed by atoms with E-state index in [1.807, 2.05) is 0 Å². The zero-order valence-corrected chi connectivity index (χ0v) is 9.71. The van der Waals surface area contributed by atoms with Crippen molar-refractivity contribution < 1.29 is 4.79 Å². The van der Waals surface area contributed by atoms with Gasteiger partial charge in [0.15, 0.2) is 0 Å². The largest absolute Gasteiger partial charge is 0.396 e. The fraction of sp³-hybridized carbons (Fsp3) is 0.636. The molecule has 2 rings (SSSR count). The topological polar surface area (TPSA) is 83.8 Å². The monoisotopic (exact) mass is 222 g/mol. The lowest BCUT2D eigenvalue weighted by atomic mass is 9.92. The van der Waals surface area contributed by atoms with Crippen LogP contribution in [0.3, 0.4) is 0 Å². The number of anilines is 1. The van der Waals surface area contributed by atoms with Gasteiger partial charge in [0.2, 0.25) is 0 Å². The fourth-order valence-electron chi connectivity index (χ4n) is 2.29. The Morgan fingerprint density at radius 1 is 1.69 bits per heavy atom. The molecule has 1 heterocycles. The van der Waals surface area contributed by atoms with Gasteiger partial charge in [0.25, 0.3) is 5.91 Å². The smallest absolute Gasteiger partial charge is 0.271 e. The number of hydrogen-bond acceptors (Lipinski definition) is 3. The van der Waals surface area contributed by atoms with Crippen LogP contribution in [0.5, 0.6) is 0 Å². The van der Waals surface area contributed by atoms with E-state index in [2.05, 4.69) is 29.4 Å². The Bertz CT molecular complexity index is 396. The molecule has 5 heteroatoms. The first kappa shape index (κ1) is 11.0. The maximum Gasteiger partial charge on any atom is 0.271 e. The van der Waals surface area contributed by atoms with Gasteiger partial charge in [-0.05, 0) is 24.7 Å². The van der Waals surface area contributed by atoms with Crippen LogP contribution in [0.4, 0.5) is 5.69 Å². The average Bonchev–Trinajstić information content (AvgIpc) is 2.72. The predicted molar refractivity (Wildman–Crippen MR) is 61.9 cm³/mol. The molecule has 1 saturated carbocycles. The van der Waals surface area contributed by atoms with E-state index in [9.17, 15) is 4.79 Å². The van der Waals surface area contributed by atoms with Gasteiger partial charge in [-0.15, -0.1) is 0 Å². The quantitative estimate of drug-likeness (QED) is 0.705. The van der Waals surface area contributed by atoms with Gasteiger partial charge >= 0.3 is 0 Å².